The fraction of sp³-hybridized carbons (Fsp3) is 0.286. The Balaban J connectivity index is 3.18. The van der Waals surface area contributed by atoms with Crippen LogP contribution < -0.4 is 10.6 Å². The molecule has 1 aromatic heterocycles. The maximum absolute atomic E-state index is 12.8. The maximum Gasteiger partial charge on any atom is 0.168 e. The number of anilines is 2. The summed E-state index contributed by atoms with van der Waals surface area (Å²) in [5.41, 5.74) is 0. The van der Waals surface area contributed by atoms with Crippen molar-refractivity contribution in [3.63, 3.8) is 0 Å². The third-order valence-electron chi connectivity index (χ3n) is 1.40. The van der Waals surface area contributed by atoms with Gasteiger partial charge in [-0.25, -0.2) is 13.8 Å². The molecule has 0 saturated carbocycles. The van der Waals surface area contributed by atoms with E-state index >= 15 is 0 Å². The molecule has 0 aliphatic rings. The van der Waals surface area contributed by atoms with Gasteiger partial charge in [0.1, 0.15) is 0 Å². The zero-order valence-corrected chi connectivity index (χ0v) is 6.78. The van der Waals surface area contributed by atoms with Crippen molar-refractivity contribution in [1.29, 1.82) is 0 Å². The Morgan fingerprint density at radius 2 is 1.50 bits per heavy atom. The average Bonchev–Trinajstić information content (AvgIpc) is 2.05. The van der Waals surface area contributed by atoms with Gasteiger partial charge in [-0.1, -0.05) is 0 Å². The molecule has 3 nitrogen and oxygen atoms in total. The first-order valence-corrected chi connectivity index (χ1v) is 3.40. The van der Waals surface area contributed by atoms with Gasteiger partial charge in [-0.15, -0.1) is 0 Å². The van der Waals surface area contributed by atoms with Crippen molar-refractivity contribution in [3.05, 3.63) is 17.7 Å². The molecule has 0 bridgehead atoms. The van der Waals surface area contributed by atoms with E-state index in [1.807, 2.05) is 0 Å². The van der Waals surface area contributed by atoms with Crippen LogP contribution in [-0.2, 0) is 0 Å². The topological polar surface area (TPSA) is 37.0 Å². The van der Waals surface area contributed by atoms with Gasteiger partial charge in [0.05, 0.1) is 0 Å². The highest BCUT2D eigenvalue weighted by atomic mass is 19.1. The molecule has 0 aliphatic carbocycles. The molecular formula is C7H9F2N3. The van der Waals surface area contributed by atoms with Gasteiger partial charge in [-0.2, -0.15) is 0 Å². The Bertz CT molecular complexity index is 263. The van der Waals surface area contributed by atoms with E-state index in [1.54, 1.807) is 0 Å². The molecule has 0 radical (unpaired) electrons. The minimum Gasteiger partial charge on any atom is -0.371 e. The van der Waals surface area contributed by atoms with Crippen LogP contribution in [0.2, 0.25) is 0 Å². The summed E-state index contributed by atoms with van der Waals surface area (Å²) in [6.07, 6.45) is 0. The van der Waals surface area contributed by atoms with Gasteiger partial charge in [-0.05, 0) is 0 Å². The summed E-state index contributed by atoms with van der Waals surface area (Å²) >= 11 is 0. The zero-order valence-electron chi connectivity index (χ0n) is 6.78. The number of rotatable bonds is 2. The molecule has 0 saturated heterocycles. The molecule has 66 valence electrons. The minimum absolute atomic E-state index is 0.0285. The Labute approximate surface area is 68.8 Å². The summed E-state index contributed by atoms with van der Waals surface area (Å²) in [4.78, 5) is 3.64. The van der Waals surface area contributed by atoms with Gasteiger partial charge in [0.15, 0.2) is 23.3 Å². The zero-order chi connectivity index (χ0) is 9.14. The second-order valence-corrected chi connectivity index (χ2v) is 2.15. The van der Waals surface area contributed by atoms with Gasteiger partial charge < -0.3 is 10.6 Å². The van der Waals surface area contributed by atoms with Gasteiger partial charge in [0, 0.05) is 20.2 Å². The fourth-order valence-corrected chi connectivity index (χ4v) is 0.817. The molecule has 1 aromatic rings. The molecular weight excluding hydrogens is 164 g/mol. The first kappa shape index (κ1) is 8.70. The lowest BCUT2D eigenvalue weighted by Crippen LogP contribution is -2.03. The Morgan fingerprint density at radius 3 is 1.83 bits per heavy atom. The first-order valence-electron chi connectivity index (χ1n) is 3.40. The van der Waals surface area contributed by atoms with E-state index in [9.17, 15) is 8.78 Å². The van der Waals surface area contributed by atoms with Crippen LogP contribution in [0.25, 0.3) is 0 Å². The van der Waals surface area contributed by atoms with Crippen LogP contribution in [0.3, 0.4) is 0 Å². The van der Waals surface area contributed by atoms with Crippen molar-refractivity contribution in [2.75, 3.05) is 24.7 Å². The van der Waals surface area contributed by atoms with Crippen LogP contribution in [0.4, 0.5) is 20.4 Å². The third-order valence-corrected chi connectivity index (χ3v) is 1.40. The Hall–Kier alpha value is -1.39. The van der Waals surface area contributed by atoms with Crippen molar-refractivity contribution >= 4 is 11.6 Å². The lowest BCUT2D eigenvalue weighted by molar-refractivity contribution is 0.579. The van der Waals surface area contributed by atoms with E-state index in [4.69, 9.17) is 0 Å². The monoisotopic (exact) mass is 173 g/mol. The second kappa shape index (κ2) is 3.34. The van der Waals surface area contributed by atoms with Crippen LogP contribution in [0.15, 0.2) is 6.07 Å². The van der Waals surface area contributed by atoms with Gasteiger partial charge in [0.25, 0.3) is 0 Å². The quantitative estimate of drug-likeness (QED) is 0.710. The summed E-state index contributed by atoms with van der Waals surface area (Å²) in [5.74, 6) is -1.34. The van der Waals surface area contributed by atoms with Crippen molar-refractivity contribution < 1.29 is 8.78 Å². The van der Waals surface area contributed by atoms with Crippen molar-refractivity contribution in [1.82, 2.24) is 4.98 Å². The van der Waals surface area contributed by atoms with E-state index in [0.29, 0.717) is 0 Å². The van der Waals surface area contributed by atoms with E-state index < -0.39 is 11.6 Å². The third kappa shape index (κ3) is 1.44. The molecule has 0 spiro atoms. The van der Waals surface area contributed by atoms with Crippen LogP contribution in [-0.4, -0.2) is 19.1 Å². The van der Waals surface area contributed by atoms with Gasteiger partial charge >= 0.3 is 0 Å². The highest BCUT2D eigenvalue weighted by molar-refractivity contribution is 5.46. The lowest BCUT2D eigenvalue weighted by atomic mass is 10.4. The van der Waals surface area contributed by atoms with Crippen LogP contribution >= 0.6 is 0 Å². The molecule has 1 rings (SSSR count). The van der Waals surface area contributed by atoms with Gasteiger partial charge in [-0.3, -0.25) is 0 Å². The number of nitrogens with zero attached hydrogens (tertiary/aromatic N) is 1. The fourth-order valence-electron chi connectivity index (χ4n) is 0.817. The smallest absolute Gasteiger partial charge is 0.168 e. The summed E-state index contributed by atoms with van der Waals surface area (Å²) in [6, 6.07) is 0.782. The van der Waals surface area contributed by atoms with Gasteiger partial charge in [0.2, 0.25) is 0 Å². The number of halogens is 2. The minimum atomic E-state index is -0.700. The second-order valence-electron chi connectivity index (χ2n) is 2.15. The Morgan fingerprint density at radius 1 is 1.08 bits per heavy atom. The van der Waals surface area contributed by atoms with Crippen LogP contribution in [0.5, 0.6) is 0 Å². The summed E-state index contributed by atoms with van der Waals surface area (Å²) < 4.78 is 25.5. The molecule has 12 heavy (non-hydrogen) atoms. The first-order chi connectivity index (χ1) is 5.69. The van der Waals surface area contributed by atoms with E-state index in [0.717, 1.165) is 6.07 Å². The molecule has 0 aliphatic heterocycles. The standard InChI is InChI=1S/C7H9F2N3/c1-10-6-4(8)3-5(9)7(11-2)12-6/h3H,1-2H3,(H2,10,11,12). The molecule has 2 N–H and O–H groups in total. The molecule has 0 atom stereocenters. The largest absolute Gasteiger partial charge is 0.371 e. The van der Waals surface area contributed by atoms with Crippen molar-refractivity contribution in [2.45, 2.75) is 0 Å². The molecule has 0 fully saturated rings. The maximum atomic E-state index is 12.8. The molecule has 0 unspecified atom stereocenters. The molecule has 0 amide bonds. The predicted molar refractivity (Wildman–Crippen MR) is 43.2 cm³/mol. The summed E-state index contributed by atoms with van der Waals surface area (Å²) in [6.45, 7) is 0. The number of hydrogen-bond acceptors (Lipinski definition) is 3. The molecule has 1 heterocycles. The SMILES string of the molecule is CNc1nc(NC)c(F)cc1F. The number of hydrogen-bond donors (Lipinski definition) is 2. The number of nitrogens with one attached hydrogen (secondary N) is 2. The summed E-state index contributed by atoms with van der Waals surface area (Å²) in [5, 5.41) is 5.01. The normalized spacial score (nSPS) is 9.67. The van der Waals surface area contributed by atoms with Crippen LogP contribution in [0.1, 0.15) is 0 Å². The van der Waals surface area contributed by atoms with E-state index in [-0.39, 0.29) is 11.6 Å². The number of pyridine rings is 1. The van der Waals surface area contributed by atoms with Crippen molar-refractivity contribution in [2.24, 2.45) is 0 Å². The van der Waals surface area contributed by atoms with Crippen molar-refractivity contribution in [3.8, 4) is 0 Å². The summed E-state index contributed by atoms with van der Waals surface area (Å²) in [7, 11) is 3.03. The molecule has 5 heteroatoms. The Kier molecular flexibility index (Phi) is 2.42. The highest BCUT2D eigenvalue weighted by Gasteiger charge is 2.08. The highest BCUT2D eigenvalue weighted by Crippen LogP contribution is 2.17. The average molecular weight is 173 g/mol. The van der Waals surface area contributed by atoms with Crippen LogP contribution in [0, 0.1) is 11.6 Å². The predicted octanol–water partition coefficient (Wildman–Crippen LogP) is 1.44. The lowest BCUT2D eigenvalue weighted by Gasteiger charge is -2.05. The molecule has 0 aromatic carbocycles. The van der Waals surface area contributed by atoms with E-state index in [2.05, 4.69) is 15.6 Å². The number of aromatic nitrogens is 1. The van der Waals surface area contributed by atoms with E-state index in [1.165, 1.54) is 14.1 Å².